The summed E-state index contributed by atoms with van der Waals surface area (Å²) in [5.74, 6) is -0.222. The molecule has 8 heteroatoms. The summed E-state index contributed by atoms with van der Waals surface area (Å²) < 4.78 is 28.7. The molecule has 2 aromatic carbocycles. The second-order valence-electron chi connectivity index (χ2n) is 8.22. The van der Waals surface area contributed by atoms with Crippen molar-refractivity contribution in [3.63, 3.8) is 0 Å². The van der Waals surface area contributed by atoms with Gasteiger partial charge in [0, 0.05) is 42.5 Å². The molecule has 7 nitrogen and oxygen atoms in total. The van der Waals surface area contributed by atoms with Gasteiger partial charge >= 0.3 is 0 Å². The van der Waals surface area contributed by atoms with Gasteiger partial charge < -0.3 is 9.88 Å². The Hall–Kier alpha value is -3.23. The van der Waals surface area contributed by atoms with Gasteiger partial charge in [0.25, 0.3) is 0 Å². The van der Waals surface area contributed by atoms with E-state index < -0.39 is 10.0 Å². The number of hydrogen-bond acceptors (Lipinski definition) is 4. The summed E-state index contributed by atoms with van der Waals surface area (Å²) in [7, 11) is -3.50. The van der Waals surface area contributed by atoms with Crippen molar-refractivity contribution in [1.29, 1.82) is 0 Å². The van der Waals surface area contributed by atoms with Crippen molar-refractivity contribution < 1.29 is 13.2 Å². The van der Waals surface area contributed by atoms with E-state index in [1.807, 2.05) is 72.3 Å². The predicted molar refractivity (Wildman–Crippen MR) is 129 cm³/mol. The number of imidazole rings is 1. The van der Waals surface area contributed by atoms with E-state index >= 15 is 0 Å². The first kappa shape index (κ1) is 22.9. The zero-order valence-electron chi connectivity index (χ0n) is 18.5. The van der Waals surface area contributed by atoms with Gasteiger partial charge in [0.05, 0.1) is 12.4 Å². The molecule has 1 saturated heterocycles. The Labute approximate surface area is 194 Å². The third kappa shape index (κ3) is 5.77. The maximum Gasteiger partial charge on any atom is 0.236 e. The fourth-order valence-corrected chi connectivity index (χ4v) is 5.17. The average molecular weight is 465 g/mol. The first-order valence-electron chi connectivity index (χ1n) is 11.0. The van der Waals surface area contributed by atoms with Crippen molar-refractivity contribution in [1.82, 2.24) is 19.2 Å². The number of nitrogens with zero attached hydrogens (tertiary/aromatic N) is 3. The van der Waals surface area contributed by atoms with E-state index in [2.05, 4.69) is 10.3 Å². The third-order valence-electron chi connectivity index (χ3n) is 5.97. The number of aromatic nitrogens is 2. The number of piperidine rings is 1. The van der Waals surface area contributed by atoms with Crippen LogP contribution < -0.4 is 5.32 Å². The highest BCUT2D eigenvalue weighted by atomic mass is 32.2. The molecule has 1 unspecified atom stereocenters. The average Bonchev–Trinajstić information content (AvgIpc) is 3.39. The molecule has 0 aliphatic carbocycles. The predicted octanol–water partition coefficient (Wildman–Crippen LogP) is 3.76. The van der Waals surface area contributed by atoms with Crippen LogP contribution in [-0.2, 0) is 14.8 Å². The van der Waals surface area contributed by atoms with Crippen LogP contribution in [0.5, 0.6) is 0 Å². The van der Waals surface area contributed by atoms with Crippen LogP contribution in [0.15, 0.2) is 78.7 Å². The smallest absolute Gasteiger partial charge is 0.236 e. The highest BCUT2D eigenvalue weighted by Crippen LogP contribution is 2.23. The van der Waals surface area contributed by atoms with Crippen LogP contribution in [0.1, 0.15) is 36.9 Å². The van der Waals surface area contributed by atoms with Gasteiger partial charge in [-0.2, -0.15) is 4.31 Å². The molecule has 1 N–H and O–H groups in total. The molecule has 2 heterocycles. The molecule has 1 fully saturated rings. The Kier molecular flexibility index (Phi) is 7.05. The molecular weight excluding hydrogens is 436 g/mol. The van der Waals surface area contributed by atoms with E-state index in [9.17, 15) is 13.2 Å². The summed E-state index contributed by atoms with van der Waals surface area (Å²) in [4.78, 5) is 16.9. The molecule has 0 spiro atoms. The topological polar surface area (TPSA) is 84.3 Å². The molecule has 0 radical (unpaired) electrons. The lowest BCUT2D eigenvalue weighted by molar-refractivity contribution is -0.126. The fourth-order valence-electron chi connectivity index (χ4n) is 3.95. The van der Waals surface area contributed by atoms with Crippen LogP contribution in [0.25, 0.3) is 11.8 Å². The number of nitrogens with one attached hydrogen (secondary N) is 1. The van der Waals surface area contributed by atoms with Gasteiger partial charge in [-0.15, -0.1) is 0 Å². The minimum atomic E-state index is -3.50. The standard InChI is InChI=1S/C25H28N4O3S/c1-20(22-7-9-24(10-8-22)28-17-14-26-19-28)27-25(30)23-11-15-29(16-12-23)33(31,32)18-13-21-5-3-2-4-6-21/h2-10,13-14,17-20,23H,11-12,15-16H2,1H3,(H,27,30)/b18-13+. The summed E-state index contributed by atoms with van der Waals surface area (Å²) in [5, 5.41) is 4.33. The van der Waals surface area contributed by atoms with Gasteiger partial charge in [0.2, 0.25) is 15.9 Å². The minimum Gasteiger partial charge on any atom is -0.349 e. The molecule has 1 aliphatic rings. The maximum atomic E-state index is 12.8. The lowest BCUT2D eigenvalue weighted by atomic mass is 9.96. The van der Waals surface area contributed by atoms with Crippen molar-refractivity contribution >= 4 is 22.0 Å². The highest BCUT2D eigenvalue weighted by molar-refractivity contribution is 7.92. The van der Waals surface area contributed by atoms with Gasteiger partial charge in [-0.1, -0.05) is 42.5 Å². The quantitative estimate of drug-likeness (QED) is 0.577. The largest absolute Gasteiger partial charge is 0.349 e. The Bertz CT molecular complexity index is 1180. The number of benzene rings is 2. The molecule has 172 valence electrons. The normalized spacial score (nSPS) is 16.6. The van der Waals surface area contributed by atoms with Crippen molar-refractivity contribution in [3.8, 4) is 5.69 Å². The summed E-state index contributed by atoms with van der Waals surface area (Å²) in [6.07, 6.45) is 7.97. The van der Waals surface area contributed by atoms with Crippen molar-refractivity contribution in [3.05, 3.63) is 89.9 Å². The summed E-state index contributed by atoms with van der Waals surface area (Å²) >= 11 is 0. The van der Waals surface area contributed by atoms with Gasteiger partial charge in [-0.25, -0.2) is 13.4 Å². The van der Waals surface area contributed by atoms with Crippen molar-refractivity contribution in [2.75, 3.05) is 13.1 Å². The summed E-state index contributed by atoms with van der Waals surface area (Å²) in [5.41, 5.74) is 2.85. The molecule has 1 aromatic heterocycles. The zero-order valence-corrected chi connectivity index (χ0v) is 19.4. The van der Waals surface area contributed by atoms with E-state index in [1.54, 1.807) is 18.6 Å². The summed E-state index contributed by atoms with van der Waals surface area (Å²) in [6, 6.07) is 17.2. The molecule has 3 aromatic rings. The molecule has 1 aliphatic heterocycles. The van der Waals surface area contributed by atoms with Crippen LogP contribution in [0.2, 0.25) is 0 Å². The molecule has 4 rings (SSSR count). The van der Waals surface area contributed by atoms with Gasteiger partial charge in [-0.3, -0.25) is 4.79 Å². The fraction of sp³-hybridized carbons (Fsp3) is 0.280. The van der Waals surface area contributed by atoms with E-state index in [1.165, 1.54) is 9.71 Å². The highest BCUT2D eigenvalue weighted by Gasteiger charge is 2.30. The van der Waals surface area contributed by atoms with Gasteiger partial charge in [0.1, 0.15) is 0 Å². The molecule has 0 bridgehead atoms. The maximum absolute atomic E-state index is 12.8. The minimum absolute atomic E-state index is 0.0296. The van der Waals surface area contributed by atoms with Crippen LogP contribution in [-0.4, -0.2) is 41.3 Å². The van der Waals surface area contributed by atoms with Crippen molar-refractivity contribution in [2.45, 2.75) is 25.8 Å². The Morgan fingerprint density at radius 2 is 1.79 bits per heavy atom. The molecular formula is C25H28N4O3S. The third-order valence-corrected chi connectivity index (χ3v) is 7.54. The van der Waals surface area contributed by atoms with E-state index in [0.717, 1.165) is 16.8 Å². The number of amides is 1. The molecule has 1 amide bonds. The Morgan fingerprint density at radius 3 is 2.42 bits per heavy atom. The molecule has 0 saturated carbocycles. The van der Waals surface area contributed by atoms with E-state index in [0.29, 0.717) is 25.9 Å². The first-order chi connectivity index (χ1) is 15.9. The number of sulfonamides is 1. The summed E-state index contributed by atoms with van der Waals surface area (Å²) in [6.45, 7) is 2.64. The molecule has 33 heavy (non-hydrogen) atoms. The lowest BCUT2D eigenvalue weighted by Crippen LogP contribution is -2.42. The second-order valence-corrected chi connectivity index (χ2v) is 10.0. The van der Waals surface area contributed by atoms with Gasteiger partial charge in [0.15, 0.2) is 0 Å². The van der Waals surface area contributed by atoms with E-state index in [-0.39, 0.29) is 17.9 Å². The van der Waals surface area contributed by atoms with E-state index in [4.69, 9.17) is 0 Å². The number of carbonyl (C=O) groups excluding carboxylic acids is 1. The lowest BCUT2D eigenvalue weighted by Gasteiger charge is -2.30. The first-order valence-corrected chi connectivity index (χ1v) is 12.5. The Balaban J connectivity index is 1.29. The number of carbonyl (C=O) groups is 1. The van der Waals surface area contributed by atoms with Crippen molar-refractivity contribution in [2.24, 2.45) is 5.92 Å². The second kappa shape index (κ2) is 10.1. The monoisotopic (exact) mass is 464 g/mol. The zero-order chi connectivity index (χ0) is 23.3. The van der Waals surface area contributed by atoms with Crippen LogP contribution in [0, 0.1) is 5.92 Å². The van der Waals surface area contributed by atoms with Crippen LogP contribution in [0.3, 0.4) is 0 Å². The molecule has 1 atom stereocenters. The van der Waals surface area contributed by atoms with Crippen LogP contribution in [0.4, 0.5) is 0 Å². The van der Waals surface area contributed by atoms with Gasteiger partial charge in [-0.05, 0) is 49.1 Å². The number of hydrogen-bond donors (Lipinski definition) is 1. The Morgan fingerprint density at radius 1 is 1.09 bits per heavy atom. The number of rotatable bonds is 7. The van der Waals surface area contributed by atoms with Crippen LogP contribution >= 0.6 is 0 Å². The SMILES string of the molecule is CC(NC(=O)C1CCN(S(=O)(=O)/C=C/c2ccccc2)CC1)c1ccc(-n2ccnc2)cc1.